The molecule has 1 saturated carbocycles. The first-order valence-corrected chi connectivity index (χ1v) is 14.1. The zero-order chi connectivity index (χ0) is 24.9. The fourth-order valence-electron chi connectivity index (χ4n) is 5.43. The highest BCUT2D eigenvalue weighted by molar-refractivity contribution is 7.10. The van der Waals surface area contributed by atoms with E-state index in [-0.39, 0.29) is 30.3 Å². The molecule has 0 radical (unpaired) electrons. The fourth-order valence-corrected chi connectivity index (χ4v) is 6.36. The van der Waals surface area contributed by atoms with Crippen LogP contribution >= 0.6 is 11.3 Å². The summed E-state index contributed by atoms with van der Waals surface area (Å²) in [6.45, 7) is 10.4. The number of ether oxygens (including phenoxy) is 1. The number of carbonyl (C=O) groups excluding carboxylic acids is 2. The molecule has 5 nitrogen and oxygen atoms in total. The van der Waals surface area contributed by atoms with Gasteiger partial charge in [0.05, 0.1) is 12.6 Å². The molecule has 2 aromatic rings. The molecule has 6 heteroatoms. The summed E-state index contributed by atoms with van der Waals surface area (Å²) in [7, 11) is 0. The van der Waals surface area contributed by atoms with Crippen LogP contribution in [0.15, 0.2) is 29.6 Å². The molecule has 4 rings (SSSR count). The smallest absolute Gasteiger partial charge is 0.242 e. The normalized spacial score (nSPS) is 18.9. The molecular weight excluding hydrogens is 456 g/mol. The number of hydrogen-bond acceptors (Lipinski definition) is 4. The minimum Gasteiger partial charge on any atom is -0.491 e. The summed E-state index contributed by atoms with van der Waals surface area (Å²) in [5.41, 5.74) is 3.50. The van der Waals surface area contributed by atoms with Crippen LogP contribution in [0, 0.1) is 25.7 Å². The first-order valence-electron chi connectivity index (χ1n) is 13.2. The number of nitrogens with zero attached hydrogens (tertiary/aromatic N) is 2. The molecule has 0 saturated heterocycles. The maximum atomic E-state index is 13.7. The summed E-state index contributed by atoms with van der Waals surface area (Å²) < 4.78 is 6.28. The van der Waals surface area contributed by atoms with Crippen LogP contribution in [0.4, 0.5) is 0 Å². The van der Waals surface area contributed by atoms with Crippen molar-refractivity contribution in [2.45, 2.75) is 72.3 Å². The third-order valence-electron chi connectivity index (χ3n) is 7.71. The topological polar surface area (TPSA) is 49.9 Å². The minimum absolute atomic E-state index is 0.0331. The molecular formula is C29H40N2O3S. The molecule has 2 atom stereocenters. The molecule has 1 aromatic carbocycles. The first-order chi connectivity index (χ1) is 16.9. The van der Waals surface area contributed by atoms with E-state index in [2.05, 4.69) is 51.3 Å². The van der Waals surface area contributed by atoms with Crippen molar-refractivity contribution < 1.29 is 14.3 Å². The van der Waals surface area contributed by atoms with Crippen LogP contribution in [0.5, 0.6) is 5.75 Å². The van der Waals surface area contributed by atoms with Crippen molar-refractivity contribution in [1.82, 2.24) is 9.80 Å². The lowest BCUT2D eigenvalue weighted by Gasteiger charge is -2.38. The monoisotopic (exact) mass is 496 g/mol. The van der Waals surface area contributed by atoms with Crippen molar-refractivity contribution in [1.29, 1.82) is 0 Å². The Morgan fingerprint density at radius 2 is 1.97 bits per heavy atom. The highest BCUT2D eigenvalue weighted by atomic mass is 32.1. The molecule has 35 heavy (non-hydrogen) atoms. The number of benzene rings is 1. The number of hydrogen-bond donors (Lipinski definition) is 0. The zero-order valence-corrected chi connectivity index (χ0v) is 22.5. The number of rotatable bonds is 9. The Morgan fingerprint density at radius 3 is 2.69 bits per heavy atom. The molecule has 190 valence electrons. The number of carbonyl (C=O) groups is 2. The molecule has 1 aliphatic carbocycles. The Morgan fingerprint density at radius 1 is 1.20 bits per heavy atom. The molecule has 1 aromatic heterocycles. The van der Waals surface area contributed by atoms with Crippen molar-refractivity contribution in [2.24, 2.45) is 11.8 Å². The Balaban J connectivity index is 1.51. The van der Waals surface area contributed by atoms with Crippen molar-refractivity contribution in [3.63, 3.8) is 0 Å². The SMILES string of the molecule is CC[C@@H](C)CN(CC(=O)N1CCc2sccc2[C@H]1COc1ccc(C)cc1C)C(=O)C1CCCC1. The average molecular weight is 497 g/mol. The highest BCUT2D eigenvalue weighted by Gasteiger charge is 2.35. The van der Waals surface area contributed by atoms with Crippen LogP contribution in [0.3, 0.4) is 0 Å². The summed E-state index contributed by atoms with van der Waals surface area (Å²) in [6, 6.07) is 8.20. The van der Waals surface area contributed by atoms with Gasteiger partial charge in [-0.1, -0.05) is 50.8 Å². The van der Waals surface area contributed by atoms with Crippen LogP contribution in [-0.4, -0.2) is 47.9 Å². The Labute approximate surface area is 214 Å². The summed E-state index contributed by atoms with van der Waals surface area (Å²) in [6.07, 6.45) is 6.01. The van der Waals surface area contributed by atoms with E-state index < -0.39 is 0 Å². The minimum atomic E-state index is -0.134. The maximum Gasteiger partial charge on any atom is 0.242 e. The van der Waals surface area contributed by atoms with Gasteiger partial charge in [-0.25, -0.2) is 0 Å². The van der Waals surface area contributed by atoms with Gasteiger partial charge < -0.3 is 14.5 Å². The molecule has 2 aliphatic rings. The summed E-state index contributed by atoms with van der Waals surface area (Å²) in [5.74, 6) is 1.53. The van der Waals surface area contributed by atoms with Crippen LogP contribution in [0.1, 0.15) is 73.6 Å². The van der Waals surface area contributed by atoms with Gasteiger partial charge >= 0.3 is 0 Å². The molecule has 1 aliphatic heterocycles. The fraction of sp³-hybridized carbons (Fsp3) is 0.586. The van der Waals surface area contributed by atoms with E-state index >= 15 is 0 Å². The van der Waals surface area contributed by atoms with Crippen molar-refractivity contribution in [2.75, 3.05) is 26.2 Å². The number of amides is 2. The van der Waals surface area contributed by atoms with Gasteiger partial charge in [-0.2, -0.15) is 0 Å². The molecule has 2 amide bonds. The van der Waals surface area contributed by atoms with Gasteiger partial charge in [-0.15, -0.1) is 11.3 Å². The quantitative estimate of drug-likeness (QED) is 0.432. The predicted molar refractivity (Wildman–Crippen MR) is 142 cm³/mol. The van der Waals surface area contributed by atoms with E-state index in [0.29, 0.717) is 25.6 Å². The molecule has 0 N–H and O–H groups in total. The summed E-state index contributed by atoms with van der Waals surface area (Å²) in [4.78, 5) is 32.3. The average Bonchev–Trinajstić information content (AvgIpc) is 3.54. The number of thiophene rings is 1. The second-order valence-electron chi connectivity index (χ2n) is 10.4. The van der Waals surface area contributed by atoms with Gasteiger partial charge in [0.1, 0.15) is 12.4 Å². The van der Waals surface area contributed by atoms with Crippen LogP contribution in [0.2, 0.25) is 0 Å². The third-order valence-corrected chi connectivity index (χ3v) is 8.71. The Kier molecular flexibility index (Phi) is 8.53. The molecule has 0 spiro atoms. The standard InChI is InChI=1S/C29H40N2O3S/c1-5-20(2)17-30(29(33)23-8-6-7-9-23)18-28(32)31-14-12-27-24(13-15-35-27)25(31)19-34-26-11-10-21(3)16-22(26)4/h10-11,13,15-16,20,23,25H,5-9,12,14,17-19H2,1-4H3/t20-,25-/m1/s1. The summed E-state index contributed by atoms with van der Waals surface area (Å²) in [5, 5.41) is 2.11. The van der Waals surface area contributed by atoms with Gasteiger partial charge in [0.25, 0.3) is 0 Å². The molecule has 0 bridgehead atoms. The first kappa shape index (κ1) is 25.7. The third kappa shape index (κ3) is 6.08. The van der Waals surface area contributed by atoms with Crippen LogP contribution in [0.25, 0.3) is 0 Å². The largest absolute Gasteiger partial charge is 0.491 e. The van der Waals surface area contributed by atoms with Gasteiger partial charge in [0, 0.05) is 23.9 Å². The van der Waals surface area contributed by atoms with Crippen molar-refractivity contribution in [3.8, 4) is 5.75 Å². The second kappa shape index (κ2) is 11.6. The predicted octanol–water partition coefficient (Wildman–Crippen LogP) is 5.93. The second-order valence-corrected chi connectivity index (χ2v) is 11.4. The van der Waals surface area contributed by atoms with Gasteiger partial charge in [-0.3, -0.25) is 9.59 Å². The number of aryl methyl sites for hydroxylation is 2. The molecule has 1 fully saturated rings. The van der Waals surface area contributed by atoms with Gasteiger partial charge in [0.2, 0.25) is 11.8 Å². The van der Waals surface area contributed by atoms with Crippen LogP contribution < -0.4 is 4.74 Å². The highest BCUT2D eigenvalue weighted by Crippen LogP contribution is 2.35. The number of fused-ring (bicyclic) bond motifs is 1. The molecule has 2 heterocycles. The van der Waals surface area contributed by atoms with E-state index in [1.807, 2.05) is 15.9 Å². The maximum absolute atomic E-state index is 13.7. The van der Waals surface area contributed by atoms with Crippen molar-refractivity contribution >= 4 is 23.2 Å². The summed E-state index contributed by atoms with van der Waals surface area (Å²) >= 11 is 1.76. The Hall–Kier alpha value is -2.34. The van der Waals surface area contributed by atoms with E-state index in [1.54, 1.807) is 11.3 Å². The van der Waals surface area contributed by atoms with Crippen molar-refractivity contribution in [3.05, 3.63) is 51.2 Å². The van der Waals surface area contributed by atoms with E-state index in [9.17, 15) is 9.59 Å². The molecule has 0 unspecified atom stereocenters. The zero-order valence-electron chi connectivity index (χ0n) is 21.7. The Bertz CT molecular complexity index is 1030. The van der Waals surface area contributed by atoms with E-state index in [1.165, 1.54) is 16.0 Å². The van der Waals surface area contributed by atoms with Gasteiger partial charge in [0.15, 0.2) is 0 Å². The lowest BCUT2D eigenvalue weighted by molar-refractivity contribution is -0.145. The van der Waals surface area contributed by atoms with Gasteiger partial charge in [-0.05, 0) is 67.7 Å². The lowest BCUT2D eigenvalue weighted by atomic mass is 10.00. The van der Waals surface area contributed by atoms with Crippen LogP contribution in [-0.2, 0) is 16.0 Å². The van der Waals surface area contributed by atoms with E-state index in [0.717, 1.165) is 49.8 Å². The lowest BCUT2D eigenvalue weighted by Crippen LogP contribution is -2.49. The van der Waals surface area contributed by atoms with E-state index in [4.69, 9.17) is 4.74 Å².